The van der Waals surface area contributed by atoms with Gasteiger partial charge in [0.25, 0.3) is 10.0 Å². The first kappa shape index (κ1) is 33.8. The molecule has 0 aliphatic heterocycles. The predicted octanol–water partition coefficient (Wildman–Crippen LogP) is 6.36. The number of methoxy groups -OCH3 is 1. The van der Waals surface area contributed by atoms with Crippen LogP contribution in [0.2, 0.25) is 10.0 Å². The highest BCUT2D eigenvalue weighted by atomic mass is 35.5. The number of ether oxygens (including phenoxy) is 1. The minimum atomic E-state index is -4.31. The maximum absolute atomic E-state index is 14.5. The second-order valence-corrected chi connectivity index (χ2v) is 13.0. The second-order valence-electron chi connectivity index (χ2n) is 10.3. The van der Waals surface area contributed by atoms with E-state index in [4.69, 9.17) is 27.9 Å². The number of benzene rings is 4. The van der Waals surface area contributed by atoms with E-state index < -0.39 is 28.5 Å². The van der Waals surface area contributed by atoms with Crippen LogP contribution in [0.1, 0.15) is 24.5 Å². The van der Waals surface area contributed by atoms with Crippen LogP contribution in [0.15, 0.2) is 108 Å². The molecule has 4 aromatic rings. The van der Waals surface area contributed by atoms with E-state index in [0.717, 1.165) is 9.87 Å². The van der Waals surface area contributed by atoms with Crippen molar-refractivity contribution in [2.45, 2.75) is 37.2 Å². The van der Waals surface area contributed by atoms with Crippen LogP contribution in [0.4, 0.5) is 5.69 Å². The molecule has 0 fully saturated rings. The number of hydrogen-bond donors (Lipinski definition) is 1. The van der Waals surface area contributed by atoms with E-state index in [1.165, 1.54) is 36.3 Å². The lowest BCUT2D eigenvalue weighted by Gasteiger charge is -2.34. The molecule has 236 valence electrons. The standard InChI is InChI=1S/C34H35Cl2N3O5S/c1-3-19-37-34(41)31(21-25-11-6-4-7-12-25)38(23-26-13-10-14-27(35)20-26)33(40)24-39(30-22-28(36)17-18-32(30)44-2)45(42,43)29-15-8-5-9-16-29/h4-18,20,22,31H,3,19,21,23-24H2,1-2H3,(H,37,41)/t31-/m1/s1. The van der Waals surface area contributed by atoms with Gasteiger partial charge in [0.15, 0.2) is 0 Å². The van der Waals surface area contributed by atoms with Crippen molar-refractivity contribution in [3.63, 3.8) is 0 Å². The normalized spacial score (nSPS) is 11.8. The minimum Gasteiger partial charge on any atom is -0.495 e. The summed E-state index contributed by atoms with van der Waals surface area (Å²) >= 11 is 12.6. The highest BCUT2D eigenvalue weighted by Gasteiger charge is 2.35. The molecule has 0 unspecified atom stereocenters. The number of halogens is 2. The maximum Gasteiger partial charge on any atom is 0.264 e. The van der Waals surface area contributed by atoms with Crippen LogP contribution in [-0.2, 0) is 32.6 Å². The van der Waals surface area contributed by atoms with E-state index in [1.54, 1.807) is 48.5 Å². The summed E-state index contributed by atoms with van der Waals surface area (Å²) in [5.74, 6) is -0.757. The Labute approximate surface area is 274 Å². The summed E-state index contributed by atoms with van der Waals surface area (Å²) in [6, 6.07) is 27.7. The molecule has 4 rings (SSSR count). The molecule has 2 amide bonds. The molecular weight excluding hydrogens is 633 g/mol. The first-order chi connectivity index (χ1) is 21.6. The van der Waals surface area contributed by atoms with E-state index in [9.17, 15) is 18.0 Å². The Morgan fingerprint density at radius 3 is 2.13 bits per heavy atom. The molecule has 0 saturated carbocycles. The van der Waals surface area contributed by atoms with Gasteiger partial charge in [-0.1, -0.05) is 90.8 Å². The lowest BCUT2D eigenvalue weighted by molar-refractivity contribution is -0.140. The van der Waals surface area contributed by atoms with Crippen LogP contribution >= 0.6 is 23.2 Å². The minimum absolute atomic E-state index is 0.00233. The molecule has 0 heterocycles. The number of nitrogens with one attached hydrogen (secondary N) is 1. The van der Waals surface area contributed by atoms with Gasteiger partial charge in [-0.05, 0) is 60.0 Å². The Hall–Kier alpha value is -4.05. The van der Waals surface area contributed by atoms with Gasteiger partial charge in [-0.25, -0.2) is 8.42 Å². The van der Waals surface area contributed by atoms with Crippen LogP contribution < -0.4 is 14.4 Å². The molecule has 4 aromatic carbocycles. The Morgan fingerprint density at radius 1 is 0.844 bits per heavy atom. The molecule has 0 bridgehead atoms. The number of amides is 2. The fourth-order valence-electron chi connectivity index (χ4n) is 4.84. The largest absolute Gasteiger partial charge is 0.495 e. The summed E-state index contributed by atoms with van der Waals surface area (Å²) < 4.78 is 34.8. The summed E-state index contributed by atoms with van der Waals surface area (Å²) in [6.45, 7) is 1.72. The average molecular weight is 669 g/mol. The SMILES string of the molecule is CCCNC(=O)[C@@H](Cc1ccccc1)N(Cc1cccc(Cl)c1)C(=O)CN(c1cc(Cl)ccc1OC)S(=O)(=O)c1ccccc1. The Bertz CT molecular complexity index is 1710. The molecule has 11 heteroatoms. The van der Waals surface area contributed by atoms with E-state index in [1.807, 2.05) is 37.3 Å². The molecular formula is C34H35Cl2N3O5S. The molecule has 0 saturated heterocycles. The lowest BCUT2D eigenvalue weighted by Crippen LogP contribution is -2.53. The fourth-order valence-corrected chi connectivity index (χ4v) is 6.66. The molecule has 0 aliphatic rings. The molecule has 0 spiro atoms. The van der Waals surface area contributed by atoms with Gasteiger partial charge in [-0.2, -0.15) is 0 Å². The van der Waals surface area contributed by atoms with Crippen molar-refractivity contribution < 1.29 is 22.7 Å². The van der Waals surface area contributed by atoms with Crippen LogP contribution in [-0.4, -0.2) is 51.4 Å². The summed E-state index contributed by atoms with van der Waals surface area (Å²) in [7, 11) is -2.90. The Balaban J connectivity index is 1.84. The summed E-state index contributed by atoms with van der Waals surface area (Å²) in [4.78, 5) is 29.6. The molecule has 1 N–H and O–H groups in total. The Kier molecular flexibility index (Phi) is 11.9. The number of nitrogens with zero attached hydrogens (tertiary/aromatic N) is 2. The average Bonchev–Trinajstić information content (AvgIpc) is 3.04. The van der Waals surface area contributed by atoms with Crippen LogP contribution in [0.3, 0.4) is 0 Å². The maximum atomic E-state index is 14.5. The van der Waals surface area contributed by atoms with Crippen molar-refractivity contribution in [1.82, 2.24) is 10.2 Å². The summed E-state index contributed by atoms with van der Waals surface area (Å²) in [6.07, 6.45) is 0.901. The van der Waals surface area contributed by atoms with E-state index in [0.29, 0.717) is 23.6 Å². The number of hydrogen-bond acceptors (Lipinski definition) is 5. The van der Waals surface area contributed by atoms with E-state index in [2.05, 4.69) is 5.32 Å². The van der Waals surface area contributed by atoms with Crippen molar-refractivity contribution in [3.8, 4) is 5.75 Å². The topological polar surface area (TPSA) is 96.0 Å². The third-order valence-corrected chi connectivity index (χ3v) is 9.33. The van der Waals surface area contributed by atoms with E-state index in [-0.39, 0.29) is 40.2 Å². The smallest absolute Gasteiger partial charge is 0.264 e. The van der Waals surface area contributed by atoms with Crippen molar-refractivity contribution in [1.29, 1.82) is 0 Å². The van der Waals surface area contributed by atoms with Crippen LogP contribution in [0.25, 0.3) is 0 Å². The molecule has 8 nitrogen and oxygen atoms in total. The third kappa shape index (κ3) is 8.78. The van der Waals surface area contributed by atoms with Gasteiger partial charge in [-0.3, -0.25) is 13.9 Å². The van der Waals surface area contributed by atoms with Crippen molar-refractivity contribution in [3.05, 3.63) is 124 Å². The van der Waals surface area contributed by atoms with Gasteiger partial charge >= 0.3 is 0 Å². The van der Waals surface area contributed by atoms with Crippen molar-refractivity contribution in [2.24, 2.45) is 0 Å². The zero-order chi connectivity index (χ0) is 32.4. The van der Waals surface area contributed by atoms with Crippen LogP contribution in [0, 0.1) is 0 Å². The monoisotopic (exact) mass is 667 g/mol. The summed E-state index contributed by atoms with van der Waals surface area (Å²) in [5, 5.41) is 3.64. The first-order valence-corrected chi connectivity index (χ1v) is 16.6. The number of anilines is 1. The number of carbonyl (C=O) groups is 2. The highest BCUT2D eigenvalue weighted by molar-refractivity contribution is 7.92. The van der Waals surface area contributed by atoms with Gasteiger partial charge in [0, 0.05) is 29.6 Å². The quantitative estimate of drug-likeness (QED) is 0.169. The molecule has 45 heavy (non-hydrogen) atoms. The van der Waals surface area contributed by atoms with Gasteiger partial charge in [0.2, 0.25) is 11.8 Å². The van der Waals surface area contributed by atoms with Crippen LogP contribution in [0.5, 0.6) is 5.75 Å². The van der Waals surface area contributed by atoms with E-state index >= 15 is 0 Å². The third-order valence-electron chi connectivity index (χ3n) is 7.08. The number of carbonyl (C=O) groups excluding carboxylic acids is 2. The fraction of sp³-hybridized carbons (Fsp3) is 0.235. The molecule has 0 aliphatic carbocycles. The molecule has 1 atom stereocenters. The lowest BCUT2D eigenvalue weighted by atomic mass is 10.0. The first-order valence-electron chi connectivity index (χ1n) is 14.4. The predicted molar refractivity (Wildman–Crippen MR) is 178 cm³/mol. The molecule has 0 aromatic heterocycles. The van der Waals surface area contributed by atoms with Crippen molar-refractivity contribution in [2.75, 3.05) is 24.5 Å². The number of rotatable bonds is 14. The second kappa shape index (κ2) is 15.8. The van der Waals surface area contributed by atoms with Gasteiger partial charge < -0.3 is 15.0 Å². The zero-order valence-corrected chi connectivity index (χ0v) is 27.4. The van der Waals surface area contributed by atoms with Gasteiger partial charge in [0.1, 0.15) is 18.3 Å². The summed E-state index contributed by atoms with van der Waals surface area (Å²) in [5.41, 5.74) is 1.60. The zero-order valence-electron chi connectivity index (χ0n) is 25.0. The van der Waals surface area contributed by atoms with Gasteiger partial charge in [0.05, 0.1) is 17.7 Å². The Morgan fingerprint density at radius 2 is 1.49 bits per heavy atom. The molecule has 0 radical (unpaired) electrons. The number of sulfonamides is 1. The highest BCUT2D eigenvalue weighted by Crippen LogP contribution is 2.35. The van der Waals surface area contributed by atoms with Crippen molar-refractivity contribution >= 4 is 50.7 Å². The van der Waals surface area contributed by atoms with Gasteiger partial charge in [-0.15, -0.1) is 0 Å².